The normalized spacial score (nSPS) is 12.7. The molecule has 2 aromatic rings. The van der Waals surface area contributed by atoms with Gasteiger partial charge in [0.25, 0.3) is 0 Å². The molecule has 20 heavy (non-hydrogen) atoms. The van der Waals surface area contributed by atoms with Gasteiger partial charge in [-0.25, -0.2) is 9.59 Å². The molecule has 4 heteroatoms. The molecule has 0 amide bonds. The predicted octanol–water partition coefficient (Wildman–Crippen LogP) is 2.87. The molecular formula is C16H12N2O2. The molecular weight excluding hydrogens is 252 g/mol. The first-order chi connectivity index (χ1) is 9.73. The van der Waals surface area contributed by atoms with Gasteiger partial charge in [-0.3, -0.25) is 0 Å². The van der Waals surface area contributed by atoms with Crippen molar-refractivity contribution in [3.63, 3.8) is 0 Å². The van der Waals surface area contributed by atoms with Crippen molar-refractivity contribution in [3.8, 4) is 0 Å². The Hall–Kier alpha value is -2.80. The number of carbonyl (C=O) groups excluding carboxylic acids is 2. The molecule has 0 bridgehead atoms. The number of rotatable bonds is 4. The zero-order valence-electron chi connectivity index (χ0n) is 10.9. The third-order valence-corrected chi connectivity index (χ3v) is 3.01. The average Bonchev–Trinajstić information content (AvgIpc) is 2.48. The fraction of sp³-hybridized carbons (Fsp3) is 0.125. The van der Waals surface area contributed by atoms with Crippen LogP contribution in [0.4, 0.5) is 0 Å². The first-order valence-electron chi connectivity index (χ1n) is 6.03. The van der Waals surface area contributed by atoms with E-state index in [1.165, 1.54) is 12.2 Å². The van der Waals surface area contributed by atoms with Crippen molar-refractivity contribution < 1.29 is 9.59 Å². The Morgan fingerprint density at radius 3 is 2.00 bits per heavy atom. The maximum Gasteiger partial charge on any atom is 0.238 e. The summed E-state index contributed by atoms with van der Waals surface area (Å²) in [6.45, 7) is 1.91. The lowest BCUT2D eigenvalue weighted by Crippen LogP contribution is -2.22. The van der Waals surface area contributed by atoms with Crippen molar-refractivity contribution in [2.24, 2.45) is 9.98 Å². The largest absolute Gasteiger partial charge is 0.238 e. The van der Waals surface area contributed by atoms with Crippen LogP contribution in [0.25, 0.3) is 0 Å². The molecule has 0 aliphatic carbocycles. The molecule has 0 saturated heterocycles. The van der Waals surface area contributed by atoms with Crippen LogP contribution in [0.2, 0.25) is 0 Å². The van der Waals surface area contributed by atoms with Crippen molar-refractivity contribution in [2.75, 3.05) is 0 Å². The quantitative estimate of drug-likeness (QED) is 0.629. The van der Waals surface area contributed by atoms with E-state index in [-0.39, 0.29) is 0 Å². The SMILES string of the molecule is Cc1cccc(C(N=C=O)(N=C=O)c2ccccc2)c1. The fourth-order valence-electron chi connectivity index (χ4n) is 2.11. The van der Waals surface area contributed by atoms with Crippen LogP contribution in [0.5, 0.6) is 0 Å². The van der Waals surface area contributed by atoms with E-state index in [4.69, 9.17) is 0 Å². The van der Waals surface area contributed by atoms with Crippen LogP contribution in [0.1, 0.15) is 16.7 Å². The summed E-state index contributed by atoms with van der Waals surface area (Å²) in [6, 6.07) is 16.3. The number of isocyanates is 2. The summed E-state index contributed by atoms with van der Waals surface area (Å²) in [5.41, 5.74) is 0.786. The van der Waals surface area contributed by atoms with Gasteiger partial charge in [0.2, 0.25) is 17.8 Å². The van der Waals surface area contributed by atoms with Gasteiger partial charge in [-0.1, -0.05) is 60.2 Å². The van der Waals surface area contributed by atoms with Crippen LogP contribution >= 0.6 is 0 Å². The minimum atomic E-state index is -1.42. The Morgan fingerprint density at radius 2 is 1.45 bits per heavy atom. The summed E-state index contributed by atoms with van der Waals surface area (Å²) in [5.74, 6) is 0. The molecule has 0 radical (unpaired) electrons. The standard InChI is InChI=1S/C16H12N2O2/c1-13-6-5-9-15(10-13)16(17-11-19,18-12-20)14-7-3-2-4-8-14/h2-10H,1H3. The van der Waals surface area contributed by atoms with Gasteiger partial charge >= 0.3 is 0 Å². The summed E-state index contributed by atoms with van der Waals surface area (Å²) in [7, 11) is 0. The number of hydrogen-bond acceptors (Lipinski definition) is 4. The maximum atomic E-state index is 10.8. The second-order valence-electron chi connectivity index (χ2n) is 4.31. The Bertz CT molecular complexity index is 679. The second-order valence-corrected chi connectivity index (χ2v) is 4.31. The molecule has 0 aromatic heterocycles. The molecule has 0 aliphatic rings. The highest BCUT2D eigenvalue weighted by Crippen LogP contribution is 2.35. The van der Waals surface area contributed by atoms with Gasteiger partial charge in [0.1, 0.15) is 0 Å². The average molecular weight is 264 g/mol. The number of aryl methyl sites for hydroxylation is 1. The second kappa shape index (κ2) is 5.89. The summed E-state index contributed by atoms with van der Waals surface area (Å²) in [6.07, 6.45) is 3.02. The summed E-state index contributed by atoms with van der Waals surface area (Å²) >= 11 is 0. The van der Waals surface area contributed by atoms with E-state index in [2.05, 4.69) is 9.98 Å². The molecule has 0 spiro atoms. The minimum absolute atomic E-state index is 0.609. The zero-order valence-corrected chi connectivity index (χ0v) is 10.9. The van der Waals surface area contributed by atoms with E-state index in [0.29, 0.717) is 11.1 Å². The number of hydrogen-bond donors (Lipinski definition) is 0. The zero-order chi connectivity index (χ0) is 14.4. The molecule has 2 rings (SSSR count). The molecule has 2 aromatic carbocycles. The highest BCUT2D eigenvalue weighted by atomic mass is 16.1. The van der Waals surface area contributed by atoms with Crippen LogP contribution in [-0.2, 0) is 15.3 Å². The van der Waals surface area contributed by atoms with E-state index < -0.39 is 5.66 Å². The molecule has 0 N–H and O–H groups in total. The highest BCUT2D eigenvalue weighted by molar-refractivity contribution is 5.49. The van der Waals surface area contributed by atoms with Gasteiger partial charge in [-0.05, 0) is 6.92 Å². The lowest BCUT2D eigenvalue weighted by atomic mass is 9.91. The molecule has 0 atom stereocenters. The van der Waals surface area contributed by atoms with Crippen molar-refractivity contribution in [3.05, 3.63) is 71.3 Å². The van der Waals surface area contributed by atoms with Crippen LogP contribution in [0, 0.1) is 6.92 Å². The first-order valence-corrected chi connectivity index (χ1v) is 6.03. The predicted molar refractivity (Wildman–Crippen MR) is 74.6 cm³/mol. The molecule has 0 aliphatic heterocycles. The summed E-state index contributed by atoms with van der Waals surface area (Å²) in [5, 5.41) is 0. The molecule has 0 saturated carbocycles. The van der Waals surface area contributed by atoms with Crippen molar-refractivity contribution in [2.45, 2.75) is 12.6 Å². The minimum Gasteiger partial charge on any atom is -0.211 e. The van der Waals surface area contributed by atoms with E-state index >= 15 is 0 Å². The Labute approximate surface area is 116 Å². The number of aliphatic imine (C=N–C) groups is 2. The van der Waals surface area contributed by atoms with Gasteiger partial charge in [0, 0.05) is 11.1 Å². The van der Waals surface area contributed by atoms with Gasteiger partial charge in [-0.2, -0.15) is 9.98 Å². The van der Waals surface area contributed by atoms with Crippen molar-refractivity contribution in [1.82, 2.24) is 0 Å². The molecule has 0 heterocycles. The monoisotopic (exact) mass is 264 g/mol. The Kier molecular flexibility index (Phi) is 4.02. The topological polar surface area (TPSA) is 58.9 Å². The van der Waals surface area contributed by atoms with Crippen molar-refractivity contribution in [1.29, 1.82) is 0 Å². The summed E-state index contributed by atoms with van der Waals surface area (Å²) < 4.78 is 0. The fourth-order valence-corrected chi connectivity index (χ4v) is 2.11. The first kappa shape index (κ1) is 13.6. The molecule has 98 valence electrons. The van der Waals surface area contributed by atoms with Crippen LogP contribution in [0.3, 0.4) is 0 Å². The number of benzene rings is 2. The maximum absolute atomic E-state index is 10.8. The van der Waals surface area contributed by atoms with Gasteiger partial charge in [0.15, 0.2) is 0 Å². The van der Waals surface area contributed by atoms with E-state index in [1.54, 1.807) is 30.3 Å². The van der Waals surface area contributed by atoms with Gasteiger partial charge in [-0.15, -0.1) is 0 Å². The van der Waals surface area contributed by atoms with Crippen LogP contribution in [-0.4, -0.2) is 12.2 Å². The Morgan fingerprint density at radius 1 is 0.850 bits per heavy atom. The van der Waals surface area contributed by atoms with Gasteiger partial charge < -0.3 is 0 Å². The van der Waals surface area contributed by atoms with Crippen LogP contribution in [0.15, 0.2) is 64.6 Å². The number of nitrogens with zero attached hydrogens (tertiary/aromatic N) is 2. The molecule has 0 unspecified atom stereocenters. The third kappa shape index (κ3) is 2.47. The third-order valence-electron chi connectivity index (χ3n) is 3.01. The Balaban J connectivity index is 2.78. The van der Waals surface area contributed by atoms with Crippen LogP contribution < -0.4 is 0 Å². The lowest BCUT2D eigenvalue weighted by Gasteiger charge is -2.23. The molecule has 0 fully saturated rings. The van der Waals surface area contributed by atoms with Gasteiger partial charge in [0.05, 0.1) is 0 Å². The molecule has 4 nitrogen and oxygen atoms in total. The van der Waals surface area contributed by atoms with E-state index in [0.717, 1.165) is 5.56 Å². The van der Waals surface area contributed by atoms with E-state index in [1.807, 2.05) is 31.2 Å². The summed E-state index contributed by atoms with van der Waals surface area (Å²) in [4.78, 5) is 29.3. The smallest absolute Gasteiger partial charge is 0.211 e. The van der Waals surface area contributed by atoms with E-state index in [9.17, 15) is 9.59 Å². The van der Waals surface area contributed by atoms with Crippen molar-refractivity contribution >= 4 is 12.2 Å². The highest BCUT2D eigenvalue weighted by Gasteiger charge is 2.34. The lowest BCUT2D eigenvalue weighted by molar-refractivity contribution is 0.516.